The standard InChI is InChI=1S/C17H27NO2/c1-14-8-6-7-11-17(14)20-13-16(19)12-18(2)15-9-4-3-5-10-15/h6-8,11,15-16,19H,3-5,9-10,12-13H2,1-2H3/t16-/m0/s1. The summed E-state index contributed by atoms with van der Waals surface area (Å²) in [4.78, 5) is 2.30. The average molecular weight is 277 g/mol. The molecule has 1 saturated carbocycles. The van der Waals surface area contributed by atoms with Gasteiger partial charge in [0.15, 0.2) is 0 Å². The van der Waals surface area contributed by atoms with Crippen molar-refractivity contribution in [3.05, 3.63) is 29.8 Å². The first-order chi connectivity index (χ1) is 9.66. The molecule has 112 valence electrons. The van der Waals surface area contributed by atoms with Crippen LogP contribution < -0.4 is 4.74 Å². The second-order valence-electron chi connectivity index (χ2n) is 5.96. The van der Waals surface area contributed by atoms with E-state index < -0.39 is 6.10 Å². The SMILES string of the molecule is Cc1ccccc1OC[C@@H](O)CN(C)C1CCCCC1. The van der Waals surface area contributed by atoms with Gasteiger partial charge in [0.2, 0.25) is 0 Å². The van der Waals surface area contributed by atoms with Crippen LogP contribution >= 0.6 is 0 Å². The van der Waals surface area contributed by atoms with Crippen LogP contribution in [0, 0.1) is 6.92 Å². The molecule has 0 bridgehead atoms. The molecule has 0 aromatic heterocycles. The van der Waals surface area contributed by atoms with E-state index >= 15 is 0 Å². The number of ether oxygens (including phenoxy) is 1. The molecule has 1 N–H and O–H groups in total. The molecule has 2 rings (SSSR count). The molecule has 3 nitrogen and oxygen atoms in total. The van der Waals surface area contributed by atoms with E-state index in [-0.39, 0.29) is 0 Å². The third kappa shape index (κ3) is 4.50. The van der Waals surface area contributed by atoms with Crippen molar-refractivity contribution in [3.8, 4) is 5.75 Å². The summed E-state index contributed by atoms with van der Waals surface area (Å²) in [5, 5.41) is 10.1. The molecule has 3 heteroatoms. The monoisotopic (exact) mass is 277 g/mol. The van der Waals surface area contributed by atoms with Gasteiger partial charge >= 0.3 is 0 Å². The minimum absolute atomic E-state index is 0.363. The number of benzene rings is 1. The molecule has 20 heavy (non-hydrogen) atoms. The van der Waals surface area contributed by atoms with Crippen LogP contribution in [0.15, 0.2) is 24.3 Å². The molecule has 0 amide bonds. The van der Waals surface area contributed by atoms with Crippen LogP contribution in [0.25, 0.3) is 0 Å². The maximum Gasteiger partial charge on any atom is 0.122 e. The molecule has 0 spiro atoms. The zero-order chi connectivity index (χ0) is 14.4. The Labute approximate surface area is 122 Å². The number of aliphatic hydroxyl groups is 1. The van der Waals surface area contributed by atoms with E-state index in [1.165, 1.54) is 32.1 Å². The van der Waals surface area contributed by atoms with Crippen molar-refractivity contribution in [1.29, 1.82) is 0 Å². The first-order valence-electron chi connectivity index (χ1n) is 7.73. The fourth-order valence-corrected chi connectivity index (χ4v) is 2.96. The minimum atomic E-state index is -0.429. The number of aryl methyl sites for hydroxylation is 1. The lowest BCUT2D eigenvalue weighted by atomic mass is 9.94. The highest BCUT2D eigenvalue weighted by atomic mass is 16.5. The fraction of sp³-hybridized carbons (Fsp3) is 0.647. The lowest BCUT2D eigenvalue weighted by molar-refractivity contribution is 0.0559. The molecule has 0 aliphatic heterocycles. The average Bonchev–Trinajstić information content (AvgIpc) is 2.47. The van der Waals surface area contributed by atoms with Crippen LogP contribution in [0.3, 0.4) is 0 Å². The molecule has 1 aromatic rings. The van der Waals surface area contributed by atoms with Gasteiger partial charge in [0.1, 0.15) is 18.5 Å². The van der Waals surface area contributed by atoms with Crippen molar-refractivity contribution in [2.75, 3.05) is 20.2 Å². The zero-order valence-corrected chi connectivity index (χ0v) is 12.7. The van der Waals surface area contributed by atoms with E-state index in [9.17, 15) is 5.11 Å². The molecule has 0 saturated heterocycles. The number of hydrogen-bond donors (Lipinski definition) is 1. The Morgan fingerprint density at radius 2 is 1.95 bits per heavy atom. The summed E-state index contributed by atoms with van der Waals surface area (Å²) in [5.74, 6) is 0.867. The second-order valence-corrected chi connectivity index (χ2v) is 5.96. The summed E-state index contributed by atoms with van der Waals surface area (Å²) in [6, 6.07) is 8.57. The lowest BCUT2D eigenvalue weighted by Gasteiger charge is -2.32. The van der Waals surface area contributed by atoms with E-state index in [2.05, 4.69) is 11.9 Å². The molecule has 1 fully saturated rings. The predicted molar refractivity (Wildman–Crippen MR) is 82.2 cm³/mol. The van der Waals surface area contributed by atoms with Gasteiger partial charge in [-0.2, -0.15) is 0 Å². The van der Waals surface area contributed by atoms with Gasteiger partial charge in [-0.15, -0.1) is 0 Å². The Balaban J connectivity index is 1.74. The summed E-state index contributed by atoms with van der Waals surface area (Å²) >= 11 is 0. The minimum Gasteiger partial charge on any atom is -0.491 e. The summed E-state index contributed by atoms with van der Waals surface area (Å²) in [5.41, 5.74) is 1.11. The van der Waals surface area contributed by atoms with Gasteiger partial charge in [-0.25, -0.2) is 0 Å². The van der Waals surface area contributed by atoms with Gasteiger partial charge in [-0.05, 0) is 38.4 Å². The molecular formula is C17H27NO2. The van der Waals surface area contributed by atoms with Crippen LogP contribution in [0.2, 0.25) is 0 Å². The topological polar surface area (TPSA) is 32.7 Å². The Morgan fingerprint density at radius 1 is 1.25 bits per heavy atom. The Kier molecular flexibility index (Phi) is 5.86. The van der Waals surface area contributed by atoms with Crippen LogP contribution in [0.1, 0.15) is 37.7 Å². The summed E-state index contributed by atoms with van der Waals surface area (Å²) in [6.45, 7) is 3.08. The van der Waals surface area contributed by atoms with Crippen molar-refractivity contribution in [3.63, 3.8) is 0 Å². The predicted octanol–water partition coefficient (Wildman–Crippen LogP) is 3.00. The molecule has 0 heterocycles. The number of likely N-dealkylation sites (N-methyl/N-ethyl adjacent to an activating group) is 1. The Hall–Kier alpha value is -1.06. The number of aliphatic hydroxyl groups excluding tert-OH is 1. The van der Waals surface area contributed by atoms with Crippen LogP contribution in [-0.2, 0) is 0 Å². The number of rotatable bonds is 6. The number of para-hydroxylation sites is 1. The smallest absolute Gasteiger partial charge is 0.122 e. The van der Waals surface area contributed by atoms with Crippen LogP contribution in [0.5, 0.6) is 5.75 Å². The van der Waals surface area contributed by atoms with Crippen molar-refractivity contribution >= 4 is 0 Å². The molecule has 1 aliphatic rings. The van der Waals surface area contributed by atoms with Crippen molar-refractivity contribution in [2.24, 2.45) is 0 Å². The first kappa shape index (κ1) is 15.3. The van der Waals surface area contributed by atoms with Crippen molar-refractivity contribution in [2.45, 2.75) is 51.2 Å². The van der Waals surface area contributed by atoms with E-state index in [0.717, 1.165) is 11.3 Å². The van der Waals surface area contributed by atoms with E-state index in [1.54, 1.807) is 0 Å². The zero-order valence-electron chi connectivity index (χ0n) is 12.7. The summed E-state index contributed by atoms with van der Waals surface area (Å²) in [7, 11) is 2.12. The summed E-state index contributed by atoms with van der Waals surface area (Å²) < 4.78 is 5.71. The maximum absolute atomic E-state index is 10.1. The highest BCUT2D eigenvalue weighted by molar-refractivity contribution is 5.31. The Morgan fingerprint density at radius 3 is 2.65 bits per heavy atom. The van der Waals surface area contributed by atoms with Crippen LogP contribution in [-0.4, -0.2) is 42.4 Å². The van der Waals surface area contributed by atoms with Crippen molar-refractivity contribution < 1.29 is 9.84 Å². The number of hydrogen-bond acceptors (Lipinski definition) is 3. The summed E-state index contributed by atoms with van der Waals surface area (Å²) in [6.07, 6.45) is 6.12. The normalized spacial score (nSPS) is 18.2. The largest absolute Gasteiger partial charge is 0.491 e. The molecule has 1 atom stereocenters. The highest BCUT2D eigenvalue weighted by Gasteiger charge is 2.20. The van der Waals surface area contributed by atoms with E-state index in [1.807, 2.05) is 31.2 Å². The van der Waals surface area contributed by atoms with Gasteiger partial charge in [-0.3, -0.25) is 0 Å². The van der Waals surface area contributed by atoms with Crippen LogP contribution in [0.4, 0.5) is 0 Å². The quantitative estimate of drug-likeness (QED) is 0.867. The molecule has 0 radical (unpaired) electrons. The van der Waals surface area contributed by atoms with Gasteiger partial charge < -0.3 is 14.7 Å². The maximum atomic E-state index is 10.1. The molecule has 0 unspecified atom stereocenters. The number of nitrogens with zero attached hydrogens (tertiary/aromatic N) is 1. The lowest BCUT2D eigenvalue weighted by Crippen LogP contribution is -2.40. The molecule has 1 aliphatic carbocycles. The van der Waals surface area contributed by atoms with Gasteiger partial charge in [0.05, 0.1) is 0 Å². The first-order valence-corrected chi connectivity index (χ1v) is 7.73. The highest BCUT2D eigenvalue weighted by Crippen LogP contribution is 2.22. The van der Waals surface area contributed by atoms with Gasteiger partial charge in [0, 0.05) is 12.6 Å². The Bertz CT molecular complexity index is 402. The third-order valence-electron chi connectivity index (χ3n) is 4.22. The molecular weight excluding hydrogens is 250 g/mol. The molecule has 1 aromatic carbocycles. The van der Waals surface area contributed by atoms with E-state index in [0.29, 0.717) is 19.2 Å². The second kappa shape index (κ2) is 7.65. The van der Waals surface area contributed by atoms with Gasteiger partial charge in [-0.1, -0.05) is 37.5 Å². The third-order valence-corrected chi connectivity index (χ3v) is 4.22. The van der Waals surface area contributed by atoms with Gasteiger partial charge in [0.25, 0.3) is 0 Å². The van der Waals surface area contributed by atoms with Crippen molar-refractivity contribution in [1.82, 2.24) is 4.90 Å². The van der Waals surface area contributed by atoms with E-state index in [4.69, 9.17) is 4.74 Å². The fourth-order valence-electron chi connectivity index (χ4n) is 2.96.